The Kier molecular flexibility index (Phi) is 5.53. The van der Waals surface area contributed by atoms with Crippen molar-refractivity contribution in [2.24, 2.45) is 0 Å². The predicted molar refractivity (Wildman–Crippen MR) is 104 cm³/mol. The van der Waals surface area contributed by atoms with Crippen LogP contribution in [0.4, 0.5) is 5.69 Å². The zero-order chi connectivity index (χ0) is 20.3. The molecule has 9 heteroatoms. The maximum atomic E-state index is 11.5. The fourth-order valence-electron chi connectivity index (χ4n) is 2.89. The zero-order valence-corrected chi connectivity index (χ0v) is 16.1. The minimum atomic E-state index is -0.487. The molecule has 0 fully saturated rings. The molecule has 0 aliphatic carbocycles. The minimum absolute atomic E-state index is 0.152. The Hall–Kier alpha value is -3.49. The van der Waals surface area contributed by atoms with Crippen molar-refractivity contribution in [2.45, 2.75) is 13.8 Å². The highest BCUT2D eigenvalue weighted by molar-refractivity contribution is 5.84. The third kappa shape index (κ3) is 3.51. The Bertz CT molecular complexity index is 974. The molecular weight excluding hydrogens is 366 g/mol. The van der Waals surface area contributed by atoms with Crippen molar-refractivity contribution in [2.75, 3.05) is 27.4 Å². The molecule has 0 atom stereocenters. The van der Waals surface area contributed by atoms with E-state index in [1.807, 2.05) is 6.92 Å². The van der Waals surface area contributed by atoms with Crippen molar-refractivity contribution in [1.29, 1.82) is 0 Å². The molecule has 1 N–H and O–H groups in total. The topological polar surface area (TPSA) is 109 Å². The van der Waals surface area contributed by atoms with E-state index in [9.17, 15) is 10.1 Å². The Labute approximate surface area is 161 Å². The second kappa shape index (κ2) is 8.03. The largest absolute Gasteiger partial charge is 0.493 e. The van der Waals surface area contributed by atoms with Gasteiger partial charge in [-0.05, 0) is 13.8 Å². The number of nitro groups is 1. The number of methoxy groups -OCH3 is 2. The van der Waals surface area contributed by atoms with Crippen LogP contribution in [0.5, 0.6) is 23.0 Å². The van der Waals surface area contributed by atoms with Gasteiger partial charge in [-0.15, -0.1) is 0 Å². The first-order valence-electron chi connectivity index (χ1n) is 8.72. The maximum absolute atomic E-state index is 11.5. The van der Waals surface area contributed by atoms with E-state index in [1.165, 1.54) is 12.1 Å². The van der Waals surface area contributed by atoms with Gasteiger partial charge in [-0.2, -0.15) is 0 Å². The number of nitrogens with zero attached hydrogens (tertiary/aromatic N) is 2. The van der Waals surface area contributed by atoms with E-state index in [1.54, 1.807) is 33.3 Å². The zero-order valence-electron chi connectivity index (χ0n) is 16.1. The highest BCUT2D eigenvalue weighted by Gasteiger charge is 2.23. The first kappa shape index (κ1) is 19.3. The Morgan fingerprint density at radius 1 is 0.964 bits per heavy atom. The number of hydrogen-bond acceptors (Lipinski definition) is 7. The molecule has 0 aliphatic heterocycles. The normalized spacial score (nSPS) is 10.7. The monoisotopic (exact) mass is 387 g/mol. The molecule has 3 rings (SSSR count). The van der Waals surface area contributed by atoms with Crippen LogP contribution in [0, 0.1) is 10.1 Å². The molecule has 148 valence electrons. The number of nitrogens with one attached hydrogen (secondary N) is 1. The van der Waals surface area contributed by atoms with Crippen LogP contribution in [0.15, 0.2) is 24.3 Å². The van der Waals surface area contributed by atoms with Crippen LogP contribution in [0.1, 0.15) is 13.8 Å². The standard InChI is InChI=1S/C19H21N3O6/c1-5-27-15-10-16(28-6-2)14(22(23)24)7-11(15)19-20-12-8-17(25-3)18(26-4)9-13(12)21-19/h7-10H,5-6H2,1-4H3,(H,20,21). The summed E-state index contributed by atoms with van der Waals surface area (Å²) in [6.07, 6.45) is 0. The quantitative estimate of drug-likeness (QED) is 0.460. The first-order chi connectivity index (χ1) is 13.5. The fraction of sp³-hybridized carbons (Fsp3) is 0.316. The summed E-state index contributed by atoms with van der Waals surface area (Å²) in [5, 5.41) is 11.5. The number of aromatic amines is 1. The van der Waals surface area contributed by atoms with Crippen molar-refractivity contribution in [3.63, 3.8) is 0 Å². The van der Waals surface area contributed by atoms with Gasteiger partial charge in [-0.3, -0.25) is 10.1 Å². The molecule has 0 unspecified atom stereocenters. The lowest BCUT2D eigenvalue weighted by Crippen LogP contribution is -2.01. The third-order valence-corrected chi connectivity index (χ3v) is 4.10. The number of H-pyrrole nitrogens is 1. The molecule has 2 aromatic carbocycles. The van der Waals surface area contributed by atoms with Gasteiger partial charge in [0.05, 0.1) is 49.0 Å². The number of nitro benzene ring substituents is 1. The summed E-state index contributed by atoms with van der Waals surface area (Å²) in [6.45, 7) is 4.28. The van der Waals surface area contributed by atoms with Gasteiger partial charge in [-0.1, -0.05) is 0 Å². The molecule has 3 aromatic rings. The number of hydrogen-bond donors (Lipinski definition) is 1. The lowest BCUT2D eigenvalue weighted by Gasteiger charge is -2.11. The highest BCUT2D eigenvalue weighted by Crippen LogP contribution is 2.40. The van der Waals surface area contributed by atoms with Gasteiger partial charge in [0.25, 0.3) is 0 Å². The van der Waals surface area contributed by atoms with Crippen LogP contribution in [-0.2, 0) is 0 Å². The van der Waals surface area contributed by atoms with E-state index in [-0.39, 0.29) is 11.4 Å². The second-order valence-electron chi connectivity index (χ2n) is 5.75. The lowest BCUT2D eigenvalue weighted by atomic mass is 10.1. The van der Waals surface area contributed by atoms with Crippen molar-refractivity contribution in [3.8, 4) is 34.4 Å². The van der Waals surface area contributed by atoms with Gasteiger partial charge in [-0.25, -0.2) is 4.98 Å². The van der Waals surface area contributed by atoms with E-state index in [0.717, 1.165) is 0 Å². The maximum Gasteiger partial charge on any atom is 0.311 e. The molecule has 0 aliphatic rings. The third-order valence-electron chi connectivity index (χ3n) is 4.10. The number of rotatable bonds is 8. The molecule has 0 radical (unpaired) electrons. The average Bonchev–Trinajstić information content (AvgIpc) is 3.09. The number of fused-ring (bicyclic) bond motifs is 1. The van der Waals surface area contributed by atoms with Crippen molar-refractivity contribution in [1.82, 2.24) is 9.97 Å². The predicted octanol–water partition coefficient (Wildman–Crippen LogP) is 3.95. The Morgan fingerprint density at radius 2 is 1.61 bits per heavy atom. The summed E-state index contributed by atoms with van der Waals surface area (Å²) in [4.78, 5) is 18.7. The SMILES string of the molecule is CCOc1cc(OCC)c([N+](=O)[O-])cc1-c1nc2cc(OC)c(OC)cc2[nH]1. The van der Waals surface area contributed by atoms with Crippen molar-refractivity contribution >= 4 is 16.7 Å². The summed E-state index contributed by atoms with van der Waals surface area (Å²) in [5.74, 6) is 2.11. The van der Waals surface area contributed by atoms with Crippen LogP contribution in [0.2, 0.25) is 0 Å². The van der Waals surface area contributed by atoms with E-state index in [0.29, 0.717) is 52.9 Å². The summed E-state index contributed by atoms with van der Waals surface area (Å²) in [5.41, 5.74) is 1.64. The molecular formula is C19H21N3O6. The van der Waals surface area contributed by atoms with Gasteiger partial charge in [0.2, 0.25) is 5.75 Å². The van der Waals surface area contributed by atoms with Gasteiger partial charge in [0.15, 0.2) is 11.5 Å². The molecule has 0 spiro atoms. The van der Waals surface area contributed by atoms with Crippen LogP contribution >= 0.6 is 0 Å². The van der Waals surface area contributed by atoms with E-state index >= 15 is 0 Å². The fourth-order valence-corrected chi connectivity index (χ4v) is 2.89. The van der Waals surface area contributed by atoms with Crippen molar-refractivity contribution in [3.05, 3.63) is 34.4 Å². The van der Waals surface area contributed by atoms with Gasteiger partial charge >= 0.3 is 5.69 Å². The lowest BCUT2D eigenvalue weighted by molar-refractivity contribution is -0.385. The smallest absolute Gasteiger partial charge is 0.311 e. The van der Waals surface area contributed by atoms with Gasteiger partial charge in [0.1, 0.15) is 11.6 Å². The number of benzene rings is 2. The average molecular weight is 387 g/mol. The molecule has 0 bridgehead atoms. The molecule has 1 heterocycles. The molecule has 0 amide bonds. The van der Waals surface area contributed by atoms with Crippen molar-refractivity contribution < 1.29 is 23.9 Å². The summed E-state index contributed by atoms with van der Waals surface area (Å²) < 4.78 is 21.7. The second-order valence-corrected chi connectivity index (χ2v) is 5.75. The van der Waals surface area contributed by atoms with Crippen LogP contribution < -0.4 is 18.9 Å². The molecule has 0 saturated heterocycles. The molecule has 9 nitrogen and oxygen atoms in total. The molecule has 28 heavy (non-hydrogen) atoms. The molecule has 1 aromatic heterocycles. The minimum Gasteiger partial charge on any atom is -0.493 e. The van der Waals surface area contributed by atoms with E-state index in [2.05, 4.69) is 9.97 Å². The first-order valence-corrected chi connectivity index (χ1v) is 8.72. The van der Waals surface area contributed by atoms with E-state index in [4.69, 9.17) is 18.9 Å². The number of imidazole rings is 1. The van der Waals surface area contributed by atoms with Crippen LogP contribution in [-0.4, -0.2) is 42.3 Å². The number of aromatic nitrogens is 2. The summed E-state index contributed by atoms with van der Waals surface area (Å²) in [6, 6.07) is 6.42. The highest BCUT2D eigenvalue weighted by atomic mass is 16.6. The van der Waals surface area contributed by atoms with Gasteiger partial charge < -0.3 is 23.9 Å². The number of ether oxygens (including phenoxy) is 4. The summed E-state index contributed by atoms with van der Waals surface area (Å²) >= 11 is 0. The Balaban J connectivity index is 2.20. The van der Waals surface area contributed by atoms with Crippen LogP contribution in [0.3, 0.4) is 0 Å². The molecule has 0 saturated carbocycles. The Morgan fingerprint density at radius 3 is 2.21 bits per heavy atom. The van der Waals surface area contributed by atoms with Crippen LogP contribution in [0.25, 0.3) is 22.4 Å². The van der Waals surface area contributed by atoms with Gasteiger partial charge in [0, 0.05) is 24.3 Å². The summed E-state index contributed by atoms with van der Waals surface area (Å²) in [7, 11) is 3.09. The van der Waals surface area contributed by atoms with E-state index < -0.39 is 4.92 Å².